The van der Waals surface area contributed by atoms with Crippen LogP contribution in [0.2, 0.25) is 0 Å². The van der Waals surface area contributed by atoms with E-state index in [2.05, 4.69) is 0 Å². The molecule has 3 aromatic rings. The van der Waals surface area contributed by atoms with Crippen molar-refractivity contribution >= 4 is 16.7 Å². The molecule has 5 heteroatoms. The predicted molar refractivity (Wildman–Crippen MR) is 92.9 cm³/mol. The number of pyridine rings is 1. The van der Waals surface area contributed by atoms with Gasteiger partial charge >= 0.3 is 0 Å². The highest BCUT2D eigenvalue weighted by Crippen LogP contribution is 2.15. The maximum atomic E-state index is 12.9. The Morgan fingerprint density at radius 2 is 1.75 bits per heavy atom. The van der Waals surface area contributed by atoms with Crippen LogP contribution in [0.25, 0.3) is 10.8 Å². The van der Waals surface area contributed by atoms with Gasteiger partial charge in [-0.2, -0.15) is 0 Å². The van der Waals surface area contributed by atoms with E-state index in [9.17, 15) is 9.59 Å². The van der Waals surface area contributed by atoms with Gasteiger partial charge in [-0.1, -0.05) is 48.5 Å². The third-order valence-electron chi connectivity index (χ3n) is 3.98. The first-order valence-electron chi connectivity index (χ1n) is 7.60. The number of hydrogen-bond donors (Lipinski definition) is 0. The molecule has 0 fully saturated rings. The minimum absolute atomic E-state index is 0.190. The minimum atomic E-state index is -0.365. The number of hydroxylamine groups is 2. The molecule has 0 saturated carbocycles. The standard InChI is InChI=1S/C19H18N2O3/c1-20(24-2)19(23)17-12-15-10-6-7-11-16(15)18(22)21(17)13-14-8-4-3-5-9-14/h3-12H,13H2,1-2H3. The molecule has 0 N–H and O–H groups in total. The number of amides is 1. The molecule has 0 aliphatic heterocycles. The summed E-state index contributed by atoms with van der Waals surface area (Å²) in [4.78, 5) is 30.5. The van der Waals surface area contributed by atoms with Crippen molar-refractivity contribution in [1.29, 1.82) is 0 Å². The Balaban J connectivity index is 2.21. The third kappa shape index (κ3) is 2.94. The third-order valence-corrected chi connectivity index (χ3v) is 3.98. The first kappa shape index (κ1) is 16.0. The topological polar surface area (TPSA) is 51.5 Å². The van der Waals surface area contributed by atoms with Crippen molar-refractivity contribution in [3.63, 3.8) is 0 Å². The van der Waals surface area contributed by atoms with Crippen molar-refractivity contribution in [1.82, 2.24) is 9.63 Å². The van der Waals surface area contributed by atoms with Crippen molar-refractivity contribution in [3.8, 4) is 0 Å². The van der Waals surface area contributed by atoms with Gasteiger partial charge in [-0.3, -0.25) is 19.0 Å². The van der Waals surface area contributed by atoms with Crippen LogP contribution in [-0.2, 0) is 11.4 Å². The van der Waals surface area contributed by atoms with Gasteiger partial charge in [-0.05, 0) is 23.1 Å². The van der Waals surface area contributed by atoms with Crippen molar-refractivity contribution in [2.75, 3.05) is 14.2 Å². The van der Waals surface area contributed by atoms with Crippen molar-refractivity contribution in [3.05, 3.63) is 82.3 Å². The highest BCUT2D eigenvalue weighted by Gasteiger charge is 2.19. The second kappa shape index (κ2) is 6.68. The molecular weight excluding hydrogens is 304 g/mol. The molecule has 0 aliphatic carbocycles. The lowest BCUT2D eigenvalue weighted by Gasteiger charge is -2.18. The fourth-order valence-electron chi connectivity index (χ4n) is 2.64. The first-order valence-corrected chi connectivity index (χ1v) is 7.60. The van der Waals surface area contributed by atoms with Gasteiger partial charge in [0.25, 0.3) is 11.5 Å². The number of nitrogens with zero attached hydrogens (tertiary/aromatic N) is 2. The second-order valence-corrected chi connectivity index (χ2v) is 5.48. The maximum Gasteiger partial charge on any atom is 0.293 e. The summed E-state index contributed by atoms with van der Waals surface area (Å²) in [6, 6.07) is 18.6. The fourth-order valence-corrected chi connectivity index (χ4v) is 2.64. The van der Waals surface area contributed by atoms with Crippen LogP contribution in [0.5, 0.6) is 0 Å². The Morgan fingerprint density at radius 3 is 2.46 bits per heavy atom. The van der Waals surface area contributed by atoms with Gasteiger partial charge in [0, 0.05) is 12.4 Å². The first-order chi connectivity index (χ1) is 11.6. The zero-order valence-corrected chi connectivity index (χ0v) is 13.6. The average molecular weight is 322 g/mol. The lowest BCUT2D eigenvalue weighted by molar-refractivity contribution is -0.0763. The summed E-state index contributed by atoms with van der Waals surface area (Å²) in [5, 5.41) is 2.44. The molecule has 1 amide bonds. The van der Waals surface area contributed by atoms with E-state index < -0.39 is 0 Å². The summed E-state index contributed by atoms with van der Waals surface area (Å²) >= 11 is 0. The lowest BCUT2D eigenvalue weighted by Crippen LogP contribution is -2.33. The Kier molecular flexibility index (Phi) is 4.44. The van der Waals surface area contributed by atoms with Crippen LogP contribution < -0.4 is 5.56 Å². The molecule has 122 valence electrons. The molecule has 0 bridgehead atoms. The largest absolute Gasteiger partial charge is 0.299 e. The Bertz CT molecular complexity index is 932. The lowest BCUT2D eigenvalue weighted by atomic mass is 10.1. The fraction of sp³-hybridized carbons (Fsp3) is 0.158. The minimum Gasteiger partial charge on any atom is -0.299 e. The number of aromatic nitrogens is 1. The van der Waals surface area contributed by atoms with Crippen LogP contribution in [0.1, 0.15) is 16.1 Å². The van der Waals surface area contributed by atoms with Crippen LogP contribution in [0, 0.1) is 0 Å². The van der Waals surface area contributed by atoms with E-state index in [0.717, 1.165) is 16.0 Å². The number of rotatable bonds is 4. The monoisotopic (exact) mass is 322 g/mol. The normalized spacial score (nSPS) is 10.8. The number of fused-ring (bicyclic) bond motifs is 1. The summed E-state index contributed by atoms with van der Waals surface area (Å²) in [7, 11) is 2.94. The molecule has 0 aliphatic rings. The number of hydrogen-bond acceptors (Lipinski definition) is 3. The van der Waals surface area contributed by atoms with E-state index in [4.69, 9.17) is 4.84 Å². The van der Waals surface area contributed by atoms with E-state index in [1.54, 1.807) is 12.1 Å². The zero-order chi connectivity index (χ0) is 17.1. The van der Waals surface area contributed by atoms with E-state index in [-0.39, 0.29) is 11.5 Å². The Hall–Kier alpha value is -2.92. The van der Waals surface area contributed by atoms with Crippen LogP contribution in [0.4, 0.5) is 0 Å². The summed E-state index contributed by atoms with van der Waals surface area (Å²) in [5.41, 5.74) is 1.06. The molecule has 0 unspecified atom stereocenters. The van der Waals surface area contributed by atoms with Crippen LogP contribution in [0.15, 0.2) is 65.5 Å². The zero-order valence-electron chi connectivity index (χ0n) is 13.6. The van der Waals surface area contributed by atoms with Gasteiger partial charge in [0.1, 0.15) is 5.69 Å². The van der Waals surface area contributed by atoms with E-state index in [1.165, 1.54) is 18.7 Å². The summed E-state index contributed by atoms with van der Waals surface area (Å²) in [6.07, 6.45) is 0. The van der Waals surface area contributed by atoms with Crippen LogP contribution in [-0.4, -0.2) is 29.7 Å². The average Bonchev–Trinajstić information content (AvgIpc) is 2.63. The van der Waals surface area contributed by atoms with Gasteiger partial charge in [0.2, 0.25) is 0 Å². The van der Waals surface area contributed by atoms with Crippen molar-refractivity contribution < 1.29 is 9.63 Å². The van der Waals surface area contributed by atoms with Crippen molar-refractivity contribution in [2.45, 2.75) is 6.54 Å². The Morgan fingerprint density at radius 1 is 1.08 bits per heavy atom. The van der Waals surface area contributed by atoms with Gasteiger partial charge < -0.3 is 0 Å². The molecule has 1 aromatic heterocycles. The molecule has 1 heterocycles. The molecule has 0 radical (unpaired) electrons. The van der Waals surface area contributed by atoms with E-state index in [1.807, 2.05) is 48.5 Å². The van der Waals surface area contributed by atoms with Crippen LogP contribution in [0.3, 0.4) is 0 Å². The predicted octanol–water partition coefficient (Wildman–Crippen LogP) is 2.68. The number of carbonyl (C=O) groups is 1. The summed E-state index contributed by atoms with van der Waals surface area (Å²) in [5.74, 6) is -0.365. The molecular formula is C19H18N2O3. The van der Waals surface area contributed by atoms with E-state index in [0.29, 0.717) is 17.6 Å². The highest BCUT2D eigenvalue weighted by atomic mass is 16.7. The smallest absolute Gasteiger partial charge is 0.293 e. The summed E-state index contributed by atoms with van der Waals surface area (Å²) in [6.45, 7) is 0.323. The van der Waals surface area contributed by atoms with Gasteiger partial charge in [0.05, 0.1) is 13.7 Å². The molecule has 0 saturated heterocycles. The number of carbonyl (C=O) groups excluding carboxylic acids is 1. The SMILES string of the molecule is CON(C)C(=O)c1cc2ccccc2c(=O)n1Cc1ccccc1. The molecule has 5 nitrogen and oxygen atoms in total. The maximum absolute atomic E-state index is 12.9. The molecule has 0 atom stereocenters. The second-order valence-electron chi connectivity index (χ2n) is 5.48. The quantitative estimate of drug-likeness (QED) is 0.694. The van der Waals surface area contributed by atoms with Gasteiger partial charge in [0.15, 0.2) is 0 Å². The van der Waals surface area contributed by atoms with Gasteiger partial charge in [-0.15, -0.1) is 0 Å². The van der Waals surface area contributed by atoms with Gasteiger partial charge in [-0.25, -0.2) is 5.06 Å². The highest BCUT2D eigenvalue weighted by molar-refractivity contribution is 5.96. The van der Waals surface area contributed by atoms with Crippen molar-refractivity contribution in [2.24, 2.45) is 0 Å². The Labute approximate surface area is 139 Å². The molecule has 2 aromatic carbocycles. The molecule has 0 spiro atoms. The van der Waals surface area contributed by atoms with E-state index >= 15 is 0 Å². The van der Waals surface area contributed by atoms with Crippen LogP contribution >= 0.6 is 0 Å². The molecule has 24 heavy (non-hydrogen) atoms. The number of benzene rings is 2. The summed E-state index contributed by atoms with van der Waals surface area (Å²) < 4.78 is 1.50. The molecule has 3 rings (SSSR count).